The topological polar surface area (TPSA) is 21.3 Å². The third-order valence-corrected chi connectivity index (χ3v) is 1.97. The summed E-state index contributed by atoms with van der Waals surface area (Å²) < 4.78 is 17.8. The second kappa shape index (κ2) is 4.44. The average molecular weight is 204 g/mol. The normalized spacial score (nSPS) is 10.2. The van der Waals surface area contributed by atoms with Crippen molar-refractivity contribution in [3.8, 4) is 0 Å². The molecule has 0 radical (unpaired) electrons. The zero-order chi connectivity index (χ0) is 9.84. The van der Waals surface area contributed by atoms with Crippen LogP contribution in [0.3, 0.4) is 0 Å². The van der Waals surface area contributed by atoms with Gasteiger partial charge in [0.25, 0.3) is 0 Å². The largest absolute Gasteiger partial charge is 0.365 e. The molecule has 0 atom stereocenters. The predicted octanol–water partition coefficient (Wildman–Crippen LogP) is 2.80. The van der Waals surface area contributed by atoms with Crippen molar-refractivity contribution in [1.29, 1.82) is 0 Å². The summed E-state index contributed by atoms with van der Waals surface area (Å²) in [5.41, 5.74) is 1.08. The fourth-order valence-electron chi connectivity index (χ4n) is 0.932. The van der Waals surface area contributed by atoms with Gasteiger partial charge in [-0.15, -0.1) is 0 Å². The third kappa shape index (κ3) is 2.57. The number of benzene rings is 1. The van der Waals surface area contributed by atoms with E-state index in [1.807, 2.05) is 0 Å². The van der Waals surface area contributed by atoms with Crippen LogP contribution in [0.1, 0.15) is 5.56 Å². The van der Waals surface area contributed by atoms with Crippen molar-refractivity contribution < 1.29 is 9.13 Å². The van der Waals surface area contributed by atoms with Crippen LogP contribution in [0.5, 0.6) is 0 Å². The first-order valence-corrected chi connectivity index (χ1v) is 4.21. The fraction of sp³-hybridized carbons (Fsp3) is 0.333. The highest BCUT2D eigenvalue weighted by Gasteiger charge is 2.04. The number of hydrogen-bond donors (Lipinski definition) is 1. The number of nitrogens with one attached hydrogen (secondary N) is 1. The lowest BCUT2D eigenvalue weighted by molar-refractivity contribution is 0.221. The first-order valence-electron chi connectivity index (χ1n) is 3.83. The van der Waals surface area contributed by atoms with Crippen LogP contribution in [-0.4, -0.2) is 13.8 Å². The highest BCUT2D eigenvalue weighted by Crippen LogP contribution is 2.24. The minimum atomic E-state index is -0.275. The van der Waals surface area contributed by atoms with Crippen LogP contribution >= 0.6 is 11.6 Å². The Kier molecular flexibility index (Phi) is 3.51. The van der Waals surface area contributed by atoms with Gasteiger partial charge in [-0.05, 0) is 24.6 Å². The van der Waals surface area contributed by atoms with Gasteiger partial charge in [-0.1, -0.05) is 11.6 Å². The van der Waals surface area contributed by atoms with Crippen molar-refractivity contribution in [2.45, 2.75) is 6.92 Å². The maximum atomic E-state index is 13.0. The Labute approximate surface area is 81.7 Å². The van der Waals surface area contributed by atoms with Crippen LogP contribution in [-0.2, 0) is 4.74 Å². The van der Waals surface area contributed by atoms with E-state index in [2.05, 4.69) is 5.32 Å². The van der Waals surface area contributed by atoms with Gasteiger partial charge in [-0.3, -0.25) is 0 Å². The van der Waals surface area contributed by atoms with Gasteiger partial charge in [0, 0.05) is 7.11 Å². The Morgan fingerprint density at radius 2 is 2.23 bits per heavy atom. The van der Waals surface area contributed by atoms with Crippen molar-refractivity contribution in [3.63, 3.8) is 0 Å². The average Bonchev–Trinajstić information content (AvgIpc) is 2.09. The van der Waals surface area contributed by atoms with Crippen molar-refractivity contribution in [2.24, 2.45) is 0 Å². The summed E-state index contributed by atoms with van der Waals surface area (Å²) in [5.74, 6) is -0.275. The van der Waals surface area contributed by atoms with Crippen LogP contribution in [0, 0.1) is 12.7 Å². The summed E-state index contributed by atoms with van der Waals surface area (Å²) in [5, 5.41) is 3.33. The molecule has 0 aromatic heterocycles. The van der Waals surface area contributed by atoms with Crippen LogP contribution in [0.2, 0.25) is 5.02 Å². The summed E-state index contributed by atoms with van der Waals surface area (Å²) in [7, 11) is 1.55. The molecule has 0 heterocycles. The quantitative estimate of drug-likeness (QED) is 0.763. The Bertz CT molecular complexity index is 304. The molecule has 1 N–H and O–H groups in total. The smallest absolute Gasteiger partial charge is 0.128 e. The third-order valence-electron chi connectivity index (χ3n) is 1.66. The van der Waals surface area contributed by atoms with E-state index in [-0.39, 0.29) is 5.82 Å². The number of rotatable bonds is 3. The van der Waals surface area contributed by atoms with Gasteiger partial charge in [0.1, 0.15) is 12.5 Å². The molecular formula is C9H11ClFNO. The van der Waals surface area contributed by atoms with Gasteiger partial charge in [-0.25, -0.2) is 4.39 Å². The predicted molar refractivity (Wildman–Crippen MR) is 51.6 cm³/mol. The molecule has 0 saturated heterocycles. The second-order valence-corrected chi connectivity index (χ2v) is 3.10. The van der Waals surface area contributed by atoms with E-state index in [0.717, 1.165) is 0 Å². The molecule has 0 aliphatic rings. The molecule has 2 nitrogen and oxygen atoms in total. The molecule has 0 amide bonds. The van der Waals surface area contributed by atoms with Gasteiger partial charge < -0.3 is 10.1 Å². The van der Waals surface area contributed by atoms with Crippen LogP contribution < -0.4 is 5.32 Å². The maximum absolute atomic E-state index is 13.0. The number of methoxy groups -OCH3 is 1. The molecule has 1 aromatic carbocycles. The molecule has 0 saturated carbocycles. The van der Waals surface area contributed by atoms with Crippen molar-refractivity contribution in [2.75, 3.05) is 19.2 Å². The summed E-state index contributed by atoms with van der Waals surface area (Å²) in [6.07, 6.45) is 0. The van der Waals surface area contributed by atoms with Crippen LogP contribution in [0.25, 0.3) is 0 Å². The molecule has 0 fully saturated rings. The Morgan fingerprint density at radius 1 is 1.54 bits per heavy atom. The molecule has 1 rings (SSSR count). The molecule has 13 heavy (non-hydrogen) atoms. The van der Waals surface area contributed by atoms with Gasteiger partial charge in [-0.2, -0.15) is 0 Å². The molecule has 72 valence electrons. The zero-order valence-electron chi connectivity index (χ0n) is 7.53. The Balaban J connectivity index is 2.88. The molecule has 0 unspecified atom stereocenters. The summed E-state index contributed by atoms with van der Waals surface area (Å²) in [6.45, 7) is 1.98. The van der Waals surface area contributed by atoms with Gasteiger partial charge in [0.2, 0.25) is 0 Å². The number of anilines is 1. The first-order chi connectivity index (χ1) is 6.15. The van der Waals surface area contributed by atoms with Gasteiger partial charge in [0.05, 0.1) is 10.7 Å². The van der Waals surface area contributed by atoms with E-state index < -0.39 is 0 Å². The Hall–Kier alpha value is -0.800. The maximum Gasteiger partial charge on any atom is 0.128 e. The molecule has 0 aliphatic carbocycles. The van der Waals surface area contributed by atoms with Crippen molar-refractivity contribution in [3.05, 3.63) is 28.5 Å². The summed E-state index contributed by atoms with van der Waals surface area (Å²) in [6, 6.07) is 2.94. The molecule has 1 aromatic rings. The molecular weight excluding hydrogens is 193 g/mol. The Morgan fingerprint density at radius 3 is 2.85 bits per heavy atom. The van der Waals surface area contributed by atoms with E-state index in [0.29, 0.717) is 23.0 Å². The van der Waals surface area contributed by atoms with Crippen LogP contribution in [0.4, 0.5) is 10.1 Å². The number of hydrogen-bond acceptors (Lipinski definition) is 2. The standard InChI is InChI=1S/C9H11ClFNO/c1-6-3-7(10)9(4-8(6)11)12-5-13-2/h3-4,12H,5H2,1-2H3. The monoisotopic (exact) mass is 203 g/mol. The minimum Gasteiger partial charge on any atom is -0.365 e. The highest BCUT2D eigenvalue weighted by atomic mass is 35.5. The molecule has 0 spiro atoms. The highest BCUT2D eigenvalue weighted by molar-refractivity contribution is 6.33. The van der Waals surface area contributed by atoms with E-state index in [1.54, 1.807) is 20.1 Å². The molecule has 0 bridgehead atoms. The first kappa shape index (κ1) is 10.3. The van der Waals surface area contributed by atoms with E-state index >= 15 is 0 Å². The lowest BCUT2D eigenvalue weighted by Gasteiger charge is -2.08. The summed E-state index contributed by atoms with van der Waals surface area (Å²) >= 11 is 5.85. The lowest BCUT2D eigenvalue weighted by Crippen LogP contribution is -2.04. The zero-order valence-corrected chi connectivity index (χ0v) is 8.28. The van der Waals surface area contributed by atoms with Gasteiger partial charge >= 0.3 is 0 Å². The van der Waals surface area contributed by atoms with Gasteiger partial charge in [0.15, 0.2) is 0 Å². The van der Waals surface area contributed by atoms with E-state index in [9.17, 15) is 4.39 Å². The minimum absolute atomic E-state index is 0.275. The number of halogens is 2. The van der Waals surface area contributed by atoms with E-state index in [4.69, 9.17) is 16.3 Å². The lowest BCUT2D eigenvalue weighted by atomic mass is 10.2. The van der Waals surface area contributed by atoms with Crippen molar-refractivity contribution in [1.82, 2.24) is 0 Å². The SMILES string of the molecule is COCNc1cc(F)c(C)cc1Cl. The fourth-order valence-corrected chi connectivity index (χ4v) is 1.22. The second-order valence-electron chi connectivity index (χ2n) is 2.69. The van der Waals surface area contributed by atoms with Crippen LogP contribution in [0.15, 0.2) is 12.1 Å². The summed E-state index contributed by atoms with van der Waals surface area (Å²) in [4.78, 5) is 0. The van der Waals surface area contributed by atoms with Crippen molar-refractivity contribution >= 4 is 17.3 Å². The number of ether oxygens (including phenoxy) is 1. The molecule has 0 aliphatic heterocycles. The molecule has 4 heteroatoms. The van der Waals surface area contributed by atoms with E-state index in [1.165, 1.54) is 6.07 Å². The number of aryl methyl sites for hydroxylation is 1.